The number of amides is 3. The first-order chi connectivity index (χ1) is 12.0. The van der Waals surface area contributed by atoms with Crippen molar-refractivity contribution in [3.8, 4) is 5.75 Å². The maximum Gasteiger partial charge on any atom is 0.321 e. The molecular weight excluding hydrogens is 318 g/mol. The van der Waals surface area contributed by atoms with E-state index in [1.165, 1.54) is 0 Å². The zero-order chi connectivity index (χ0) is 18.2. The van der Waals surface area contributed by atoms with Gasteiger partial charge < -0.3 is 10.1 Å². The van der Waals surface area contributed by atoms with E-state index in [1.54, 1.807) is 6.92 Å². The third kappa shape index (κ3) is 6.05. The van der Waals surface area contributed by atoms with Gasteiger partial charge in [0.2, 0.25) is 5.91 Å². The largest absolute Gasteiger partial charge is 0.494 e. The Morgan fingerprint density at radius 2 is 1.88 bits per heavy atom. The fraction of sp³-hybridized carbons (Fsp3) is 0.579. The first-order valence-corrected chi connectivity index (χ1v) is 9.03. The van der Waals surface area contributed by atoms with Crippen molar-refractivity contribution < 1.29 is 14.3 Å². The molecule has 0 aliphatic heterocycles. The molecule has 1 saturated carbocycles. The number of imide groups is 1. The van der Waals surface area contributed by atoms with E-state index < -0.39 is 12.1 Å². The molecule has 0 spiro atoms. The molecule has 1 atom stereocenters. The number of hydrogen-bond donors (Lipinski definition) is 2. The Kier molecular flexibility index (Phi) is 7.25. The van der Waals surface area contributed by atoms with Crippen LogP contribution < -0.4 is 15.4 Å². The summed E-state index contributed by atoms with van der Waals surface area (Å²) in [4.78, 5) is 26.1. The lowest BCUT2D eigenvalue weighted by Gasteiger charge is -2.24. The Morgan fingerprint density at radius 3 is 2.48 bits per heavy atom. The van der Waals surface area contributed by atoms with Crippen LogP contribution in [0.2, 0.25) is 0 Å². The fourth-order valence-corrected chi connectivity index (χ4v) is 2.99. The number of rotatable bonds is 7. The molecule has 0 aromatic heterocycles. The minimum Gasteiger partial charge on any atom is -0.494 e. The highest BCUT2D eigenvalue weighted by molar-refractivity contribution is 5.96. The Balaban J connectivity index is 1.80. The molecule has 0 unspecified atom stereocenters. The van der Waals surface area contributed by atoms with Gasteiger partial charge in [-0.2, -0.15) is 0 Å². The summed E-state index contributed by atoms with van der Waals surface area (Å²) in [6.07, 6.45) is 4.27. The Bertz CT molecular complexity index is 568. The molecule has 0 heterocycles. The van der Waals surface area contributed by atoms with Crippen LogP contribution in [0.4, 0.5) is 4.79 Å². The van der Waals surface area contributed by atoms with Crippen molar-refractivity contribution in [3.05, 3.63) is 29.8 Å². The number of benzene rings is 1. The molecule has 6 nitrogen and oxygen atoms in total. The first kappa shape index (κ1) is 19.2. The van der Waals surface area contributed by atoms with Crippen molar-refractivity contribution in [2.75, 3.05) is 13.7 Å². The van der Waals surface area contributed by atoms with Crippen molar-refractivity contribution in [2.24, 2.45) is 0 Å². The van der Waals surface area contributed by atoms with Crippen molar-refractivity contribution in [2.45, 2.75) is 58.2 Å². The summed E-state index contributed by atoms with van der Waals surface area (Å²) < 4.78 is 5.43. The number of ether oxygens (including phenoxy) is 1. The molecule has 25 heavy (non-hydrogen) atoms. The lowest BCUT2D eigenvalue weighted by Crippen LogP contribution is -2.50. The lowest BCUT2D eigenvalue weighted by molar-refractivity contribution is -0.124. The van der Waals surface area contributed by atoms with Gasteiger partial charge in [-0.15, -0.1) is 0 Å². The normalized spacial score (nSPS) is 15.8. The van der Waals surface area contributed by atoms with E-state index in [0.29, 0.717) is 13.2 Å². The predicted octanol–water partition coefficient (Wildman–Crippen LogP) is 2.67. The molecule has 138 valence electrons. The van der Waals surface area contributed by atoms with Crippen LogP contribution in [0.1, 0.15) is 45.1 Å². The molecule has 1 fully saturated rings. The van der Waals surface area contributed by atoms with Gasteiger partial charge in [-0.05, 0) is 51.4 Å². The summed E-state index contributed by atoms with van der Waals surface area (Å²) in [7, 11) is 1.87. The quantitative estimate of drug-likeness (QED) is 0.795. The van der Waals surface area contributed by atoms with Crippen LogP contribution in [-0.4, -0.2) is 42.6 Å². The molecule has 0 radical (unpaired) electrons. The second-order valence-electron chi connectivity index (χ2n) is 6.61. The molecule has 0 saturated heterocycles. The molecular formula is C19H29N3O3. The predicted molar refractivity (Wildman–Crippen MR) is 97.5 cm³/mol. The van der Waals surface area contributed by atoms with Crippen LogP contribution in [0.15, 0.2) is 24.3 Å². The molecule has 1 aromatic rings. The molecule has 0 bridgehead atoms. The minimum absolute atomic E-state index is 0.199. The first-order valence-electron chi connectivity index (χ1n) is 9.03. The molecule has 1 aliphatic carbocycles. The lowest BCUT2D eigenvalue weighted by atomic mass is 10.2. The maximum atomic E-state index is 12.3. The molecule has 1 aliphatic rings. The molecule has 2 rings (SSSR count). The number of nitrogens with zero attached hydrogens (tertiary/aromatic N) is 1. The topological polar surface area (TPSA) is 70.7 Å². The third-order valence-electron chi connectivity index (χ3n) is 4.63. The van der Waals surface area contributed by atoms with Crippen molar-refractivity contribution in [3.63, 3.8) is 0 Å². The van der Waals surface area contributed by atoms with Crippen LogP contribution in [0.25, 0.3) is 0 Å². The summed E-state index contributed by atoms with van der Waals surface area (Å²) in [5.41, 5.74) is 1.08. The van der Waals surface area contributed by atoms with E-state index in [1.807, 2.05) is 43.1 Å². The highest BCUT2D eigenvalue weighted by atomic mass is 16.5. The SMILES string of the molecule is CCOc1ccc(CN(C)[C@H](C)C(=O)NC(=O)NC2CCCC2)cc1. The van der Waals surface area contributed by atoms with Crippen molar-refractivity contribution in [1.29, 1.82) is 0 Å². The van der Waals surface area contributed by atoms with Gasteiger partial charge in [-0.1, -0.05) is 25.0 Å². The maximum absolute atomic E-state index is 12.3. The van der Waals surface area contributed by atoms with Crippen LogP contribution in [-0.2, 0) is 11.3 Å². The van der Waals surface area contributed by atoms with Gasteiger partial charge >= 0.3 is 6.03 Å². The number of nitrogens with one attached hydrogen (secondary N) is 2. The standard InChI is InChI=1S/C19H29N3O3/c1-4-25-17-11-9-15(10-12-17)13-22(3)14(2)18(23)21-19(24)20-16-7-5-6-8-16/h9-12,14,16H,4-8,13H2,1-3H3,(H2,20,21,23,24)/t14-/m1/s1. The van der Waals surface area contributed by atoms with E-state index in [9.17, 15) is 9.59 Å². The number of hydrogen-bond acceptors (Lipinski definition) is 4. The average Bonchev–Trinajstić information content (AvgIpc) is 3.08. The van der Waals surface area contributed by atoms with Crippen LogP contribution in [0.3, 0.4) is 0 Å². The summed E-state index contributed by atoms with van der Waals surface area (Å²) in [6.45, 7) is 5.00. The van der Waals surface area contributed by atoms with Crippen LogP contribution >= 0.6 is 0 Å². The number of carbonyl (C=O) groups is 2. The van der Waals surface area contributed by atoms with Gasteiger partial charge in [-0.25, -0.2) is 4.79 Å². The second kappa shape index (κ2) is 9.42. The summed E-state index contributed by atoms with van der Waals surface area (Å²) in [5, 5.41) is 5.32. The van der Waals surface area contributed by atoms with Crippen LogP contribution in [0.5, 0.6) is 5.75 Å². The highest BCUT2D eigenvalue weighted by Crippen LogP contribution is 2.17. The van der Waals surface area contributed by atoms with E-state index in [2.05, 4.69) is 10.6 Å². The Hall–Kier alpha value is -2.08. The number of carbonyl (C=O) groups excluding carboxylic acids is 2. The van der Waals surface area contributed by atoms with Gasteiger partial charge in [0.25, 0.3) is 0 Å². The average molecular weight is 347 g/mol. The number of likely N-dealkylation sites (N-methyl/N-ethyl adjacent to an activating group) is 1. The third-order valence-corrected chi connectivity index (χ3v) is 4.63. The van der Waals surface area contributed by atoms with Gasteiger partial charge in [0.15, 0.2) is 0 Å². The summed E-state index contributed by atoms with van der Waals surface area (Å²) in [6, 6.07) is 7.22. The monoisotopic (exact) mass is 347 g/mol. The van der Waals surface area contributed by atoms with E-state index >= 15 is 0 Å². The number of urea groups is 1. The van der Waals surface area contributed by atoms with Gasteiger partial charge in [-0.3, -0.25) is 15.0 Å². The van der Waals surface area contributed by atoms with E-state index in [4.69, 9.17) is 4.74 Å². The summed E-state index contributed by atoms with van der Waals surface area (Å²) in [5.74, 6) is 0.548. The zero-order valence-electron chi connectivity index (χ0n) is 15.4. The van der Waals surface area contributed by atoms with Crippen molar-refractivity contribution >= 4 is 11.9 Å². The summed E-state index contributed by atoms with van der Waals surface area (Å²) >= 11 is 0. The fourth-order valence-electron chi connectivity index (χ4n) is 2.99. The Labute approximate surface area is 149 Å². The molecule has 3 amide bonds. The minimum atomic E-state index is -0.402. The second-order valence-corrected chi connectivity index (χ2v) is 6.61. The van der Waals surface area contributed by atoms with E-state index in [-0.39, 0.29) is 11.9 Å². The highest BCUT2D eigenvalue weighted by Gasteiger charge is 2.22. The zero-order valence-corrected chi connectivity index (χ0v) is 15.4. The van der Waals surface area contributed by atoms with Crippen molar-refractivity contribution in [1.82, 2.24) is 15.5 Å². The van der Waals surface area contributed by atoms with Gasteiger partial charge in [0, 0.05) is 12.6 Å². The molecule has 2 N–H and O–H groups in total. The molecule has 1 aromatic carbocycles. The molecule has 6 heteroatoms. The van der Waals surface area contributed by atoms with E-state index in [0.717, 1.165) is 37.0 Å². The van der Waals surface area contributed by atoms with Gasteiger partial charge in [0.05, 0.1) is 12.6 Å². The van der Waals surface area contributed by atoms with Crippen LogP contribution in [0, 0.1) is 0 Å². The Morgan fingerprint density at radius 1 is 1.24 bits per heavy atom. The smallest absolute Gasteiger partial charge is 0.321 e. The van der Waals surface area contributed by atoms with Gasteiger partial charge in [0.1, 0.15) is 5.75 Å².